The average molecular weight is 235 g/mol. The van der Waals surface area contributed by atoms with Crippen molar-refractivity contribution in [1.29, 1.82) is 0 Å². The third-order valence-electron chi connectivity index (χ3n) is 1.66. The predicted molar refractivity (Wildman–Crippen MR) is 48.9 cm³/mol. The van der Waals surface area contributed by atoms with Crippen LogP contribution < -0.4 is 10.5 Å². The Morgan fingerprint density at radius 3 is 2.56 bits per heavy atom. The highest BCUT2D eigenvalue weighted by molar-refractivity contribution is 5.71. The molecule has 0 aromatic heterocycles. The highest BCUT2D eigenvalue weighted by Gasteiger charge is 2.32. The summed E-state index contributed by atoms with van der Waals surface area (Å²) in [5.74, 6) is -1.84. The Labute approximate surface area is 88.4 Å². The van der Waals surface area contributed by atoms with E-state index in [4.69, 9.17) is 10.8 Å². The summed E-state index contributed by atoms with van der Waals surface area (Å²) in [4.78, 5) is 10.4. The predicted octanol–water partition coefficient (Wildman–Crippen LogP) is 1.79. The molecule has 0 aliphatic rings. The van der Waals surface area contributed by atoms with E-state index in [1.807, 2.05) is 0 Å². The van der Waals surface area contributed by atoms with Crippen LogP contribution >= 0.6 is 0 Å². The number of hydrogen-bond donors (Lipinski definition) is 2. The van der Waals surface area contributed by atoms with E-state index in [2.05, 4.69) is 4.74 Å². The number of nitrogen functional groups attached to an aromatic ring is 1. The minimum absolute atomic E-state index is 0.0633. The second-order valence-electron chi connectivity index (χ2n) is 2.99. The minimum atomic E-state index is -4.87. The fraction of sp³-hybridized carbons (Fsp3) is 0.222. The van der Waals surface area contributed by atoms with E-state index in [1.54, 1.807) is 0 Å². The molecule has 1 aromatic rings. The van der Waals surface area contributed by atoms with E-state index in [0.717, 1.165) is 6.07 Å². The second kappa shape index (κ2) is 4.30. The molecule has 0 saturated heterocycles. The summed E-state index contributed by atoms with van der Waals surface area (Å²) in [6, 6.07) is 3.43. The van der Waals surface area contributed by atoms with Crippen LogP contribution in [0.1, 0.15) is 5.56 Å². The number of nitrogens with two attached hydrogens (primary N) is 1. The van der Waals surface area contributed by atoms with E-state index in [1.165, 1.54) is 12.1 Å². The van der Waals surface area contributed by atoms with Gasteiger partial charge in [0.2, 0.25) is 0 Å². The maximum Gasteiger partial charge on any atom is 0.573 e. The summed E-state index contributed by atoms with van der Waals surface area (Å²) in [7, 11) is 0. The van der Waals surface area contributed by atoms with Gasteiger partial charge in [0.25, 0.3) is 0 Å². The first-order valence-electron chi connectivity index (χ1n) is 4.14. The first kappa shape index (κ1) is 12.2. The molecule has 0 aliphatic heterocycles. The molecule has 0 amide bonds. The summed E-state index contributed by atoms with van der Waals surface area (Å²) in [5, 5.41) is 8.49. The van der Waals surface area contributed by atoms with E-state index >= 15 is 0 Å². The van der Waals surface area contributed by atoms with Crippen molar-refractivity contribution in [2.24, 2.45) is 0 Å². The van der Waals surface area contributed by atoms with Gasteiger partial charge in [-0.05, 0) is 6.07 Å². The fourth-order valence-electron chi connectivity index (χ4n) is 1.10. The van der Waals surface area contributed by atoms with E-state index in [9.17, 15) is 18.0 Å². The summed E-state index contributed by atoms with van der Waals surface area (Å²) >= 11 is 0. The topological polar surface area (TPSA) is 72.6 Å². The number of carbonyl (C=O) groups is 1. The number of halogens is 3. The molecule has 88 valence electrons. The van der Waals surface area contributed by atoms with Crippen LogP contribution in [0.2, 0.25) is 0 Å². The molecule has 0 bridgehead atoms. The maximum atomic E-state index is 12.0. The van der Waals surface area contributed by atoms with Gasteiger partial charge in [-0.2, -0.15) is 0 Å². The van der Waals surface area contributed by atoms with Crippen LogP contribution in [0, 0.1) is 0 Å². The van der Waals surface area contributed by atoms with Crippen LogP contribution in [0.5, 0.6) is 5.75 Å². The van der Waals surface area contributed by atoms with Crippen LogP contribution in [-0.2, 0) is 11.2 Å². The van der Waals surface area contributed by atoms with Crippen molar-refractivity contribution >= 4 is 11.7 Å². The van der Waals surface area contributed by atoms with Crippen molar-refractivity contribution in [3.05, 3.63) is 23.8 Å². The molecule has 3 N–H and O–H groups in total. The van der Waals surface area contributed by atoms with Crippen molar-refractivity contribution < 1.29 is 27.8 Å². The van der Waals surface area contributed by atoms with Crippen LogP contribution in [0.15, 0.2) is 18.2 Å². The molecule has 0 saturated carbocycles. The van der Waals surface area contributed by atoms with Crippen molar-refractivity contribution in [2.45, 2.75) is 12.8 Å². The van der Waals surface area contributed by atoms with Crippen molar-refractivity contribution in [2.75, 3.05) is 5.73 Å². The third kappa shape index (κ3) is 3.68. The zero-order valence-electron chi connectivity index (χ0n) is 7.91. The highest BCUT2D eigenvalue weighted by Crippen LogP contribution is 2.28. The van der Waals surface area contributed by atoms with Gasteiger partial charge in [0, 0.05) is 17.3 Å². The van der Waals surface area contributed by atoms with Crippen LogP contribution in [-0.4, -0.2) is 17.4 Å². The third-order valence-corrected chi connectivity index (χ3v) is 1.66. The average Bonchev–Trinajstić information content (AvgIpc) is 2.06. The Balaban J connectivity index is 3.03. The quantitative estimate of drug-likeness (QED) is 0.783. The molecule has 0 atom stereocenters. The molecule has 7 heteroatoms. The first-order valence-corrected chi connectivity index (χ1v) is 4.14. The van der Waals surface area contributed by atoms with Gasteiger partial charge in [0.15, 0.2) is 0 Å². The van der Waals surface area contributed by atoms with Gasteiger partial charge in [-0.25, -0.2) is 0 Å². The lowest BCUT2D eigenvalue weighted by molar-refractivity contribution is -0.274. The SMILES string of the molecule is Nc1ccc(CC(=O)O)c(OC(F)(F)F)c1. The molecule has 0 fully saturated rings. The largest absolute Gasteiger partial charge is 0.573 e. The van der Waals surface area contributed by atoms with Crippen molar-refractivity contribution in [1.82, 2.24) is 0 Å². The zero-order chi connectivity index (χ0) is 12.3. The number of benzene rings is 1. The minimum Gasteiger partial charge on any atom is -0.481 e. The molecule has 0 radical (unpaired) electrons. The zero-order valence-corrected chi connectivity index (χ0v) is 7.91. The van der Waals surface area contributed by atoms with Gasteiger partial charge in [-0.15, -0.1) is 13.2 Å². The van der Waals surface area contributed by atoms with Gasteiger partial charge < -0.3 is 15.6 Å². The Kier molecular flexibility index (Phi) is 3.26. The van der Waals surface area contributed by atoms with Crippen LogP contribution in [0.4, 0.5) is 18.9 Å². The standard InChI is InChI=1S/C9H8F3NO3/c10-9(11,12)16-7-4-6(13)2-1-5(7)3-8(14)15/h1-2,4H,3,13H2,(H,14,15). The maximum absolute atomic E-state index is 12.0. The summed E-state index contributed by atoms with van der Waals surface area (Å²) in [6.07, 6.45) is -5.44. The lowest BCUT2D eigenvalue weighted by atomic mass is 10.1. The Hall–Kier alpha value is -1.92. The molecule has 0 heterocycles. The summed E-state index contributed by atoms with van der Waals surface area (Å²) in [6.45, 7) is 0. The van der Waals surface area contributed by atoms with Gasteiger partial charge >= 0.3 is 12.3 Å². The molecule has 16 heavy (non-hydrogen) atoms. The molecule has 4 nitrogen and oxygen atoms in total. The second-order valence-corrected chi connectivity index (χ2v) is 2.99. The number of rotatable bonds is 3. The van der Waals surface area contributed by atoms with Gasteiger partial charge in [-0.3, -0.25) is 4.79 Å². The van der Waals surface area contributed by atoms with Crippen molar-refractivity contribution in [3.8, 4) is 5.75 Å². The Morgan fingerprint density at radius 1 is 1.44 bits per heavy atom. The van der Waals surface area contributed by atoms with Crippen LogP contribution in [0.25, 0.3) is 0 Å². The molecule has 1 aromatic carbocycles. The smallest absolute Gasteiger partial charge is 0.481 e. The number of ether oxygens (including phenoxy) is 1. The Morgan fingerprint density at radius 2 is 2.06 bits per heavy atom. The van der Waals surface area contributed by atoms with Crippen LogP contribution in [0.3, 0.4) is 0 Å². The molecule has 0 aliphatic carbocycles. The normalized spacial score (nSPS) is 11.2. The van der Waals surface area contributed by atoms with E-state index in [0.29, 0.717) is 0 Å². The van der Waals surface area contributed by atoms with Gasteiger partial charge in [0.05, 0.1) is 6.42 Å². The lowest BCUT2D eigenvalue weighted by Crippen LogP contribution is -2.18. The number of carboxylic acids is 1. The molecule has 1 rings (SSSR count). The monoisotopic (exact) mass is 235 g/mol. The molecular formula is C9H8F3NO3. The summed E-state index contributed by atoms with van der Waals surface area (Å²) in [5.41, 5.74) is 5.26. The lowest BCUT2D eigenvalue weighted by Gasteiger charge is -2.12. The molecule has 0 unspecified atom stereocenters. The van der Waals surface area contributed by atoms with Gasteiger partial charge in [-0.1, -0.05) is 6.07 Å². The van der Waals surface area contributed by atoms with E-state index < -0.39 is 24.5 Å². The highest BCUT2D eigenvalue weighted by atomic mass is 19.4. The van der Waals surface area contributed by atoms with Crippen molar-refractivity contribution in [3.63, 3.8) is 0 Å². The number of alkyl halides is 3. The molecule has 0 spiro atoms. The number of hydrogen-bond acceptors (Lipinski definition) is 3. The number of anilines is 1. The number of aliphatic carboxylic acids is 1. The van der Waals surface area contributed by atoms with Gasteiger partial charge in [0.1, 0.15) is 5.75 Å². The molecular weight excluding hydrogens is 227 g/mol. The Bertz CT molecular complexity index is 403. The fourth-order valence-corrected chi connectivity index (χ4v) is 1.10. The van der Waals surface area contributed by atoms with E-state index in [-0.39, 0.29) is 11.3 Å². The first-order chi connectivity index (χ1) is 7.28. The summed E-state index contributed by atoms with van der Waals surface area (Å²) < 4.78 is 39.6. The number of carboxylic acid groups (broad SMARTS) is 1.